The fraction of sp³-hybridized carbons (Fsp3) is 0.455. The van der Waals surface area contributed by atoms with Gasteiger partial charge in [0.1, 0.15) is 0 Å². The Kier molecular flexibility index (Phi) is 2.60. The lowest BCUT2D eigenvalue weighted by atomic mass is 9.88. The molecule has 0 saturated carbocycles. The molecule has 3 nitrogen and oxygen atoms in total. The molecule has 0 amide bonds. The van der Waals surface area contributed by atoms with Crippen molar-refractivity contribution in [1.82, 2.24) is 4.57 Å². The Balaban J connectivity index is 3.28. The van der Waals surface area contributed by atoms with E-state index >= 15 is 0 Å². The standard InChI is InChI=1S/C11H15NO2/c1-11(2,3)10(14)8-6-5-7-9(13)12(8)4/h5-7H,1-4H3. The summed E-state index contributed by atoms with van der Waals surface area (Å²) in [6.07, 6.45) is 0. The zero-order valence-corrected chi connectivity index (χ0v) is 9.00. The smallest absolute Gasteiger partial charge is 0.250 e. The van der Waals surface area contributed by atoms with Crippen molar-refractivity contribution >= 4 is 5.78 Å². The number of rotatable bonds is 1. The van der Waals surface area contributed by atoms with Crippen LogP contribution in [0.2, 0.25) is 0 Å². The first kappa shape index (κ1) is 10.7. The van der Waals surface area contributed by atoms with E-state index in [1.807, 2.05) is 20.8 Å². The average molecular weight is 193 g/mol. The van der Waals surface area contributed by atoms with Gasteiger partial charge in [-0.2, -0.15) is 0 Å². The normalized spacial score (nSPS) is 11.4. The molecule has 0 radical (unpaired) electrons. The van der Waals surface area contributed by atoms with Gasteiger partial charge in [0, 0.05) is 18.5 Å². The van der Waals surface area contributed by atoms with Gasteiger partial charge in [0.15, 0.2) is 5.78 Å². The Morgan fingerprint density at radius 1 is 1.29 bits per heavy atom. The molecule has 0 N–H and O–H groups in total. The third kappa shape index (κ3) is 1.92. The molecule has 0 fully saturated rings. The van der Waals surface area contributed by atoms with E-state index in [9.17, 15) is 9.59 Å². The van der Waals surface area contributed by atoms with Crippen LogP contribution in [0.25, 0.3) is 0 Å². The quantitative estimate of drug-likeness (QED) is 0.636. The van der Waals surface area contributed by atoms with E-state index in [4.69, 9.17) is 0 Å². The lowest BCUT2D eigenvalue weighted by Crippen LogP contribution is -2.28. The maximum atomic E-state index is 11.9. The van der Waals surface area contributed by atoms with Crippen molar-refractivity contribution in [3.63, 3.8) is 0 Å². The molecule has 0 aliphatic carbocycles. The molecular weight excluding hydrogens is 178 g/mol. The van der Waals surface area contributed by atoms with Gasteiger partial charge in [0.25, 0.3) is 5.56 Å². The number of nitrogens with zero attached hydrogens (tertiary/aromatic N) is 1. The van der Waals surface area contributed by atoms with Crippen molar-refractivity contribution in [3.05, 3.63) is 34.2 Å². The molecule has 1 rings (SSSR count). The van der Waals surface area contributed by atoms with Crippen LogP contribution in [0.5, 0.6) is 0 Å². The second-order valence-electron chi connectivity index (χ2n) is 4.39. The SMILES string of the molecule is Cn1c(C(=O)C(C)(C)C)cccc1=O. The molecular formula is C11H15NO2. The van der Waals surface area contributed by atoms with Crippen LogP contribution >= 0.6 is 0 Å². The highest BCUT2D eigenvalue weighted by Gasteiger charge is 2.24. The Morgan fingerprint density at radius 3 is 2.36 bits per heavy atom. The summed E-state index contributed by atoms with van der Waals surface area (Å²) < 4.78 is 1.38. The van der Waals surface area contributed by atoms with Gasteiger partial charge in [0.2, 0.25) is 0 Å². The largest absolute Gasteiger partial charge is 0.309 e. The summed E-state index contributed by atoms with van der Waals surface area (Å²) in [6.45, 7) is 5.52. The highest BCUT2D eigenvalue weighted by molar-refractivity contribution is 5.98. The predicted molar refractivity (Wildman–Crippen MR) is 55.5 cm³/mol. The van der Waals surface area contributed by atoms with Gasteiger partial charge < -0.3 is 4.57 Å². The lowest BCUT2D eigenvalue weighted by Gasteiger charge is -2.18. The minimum absolute atomic E-state index is 0.0160. The topological polar surface area (TPSA) is 39.1 Å². The summed E-state index contributed by atoms with van der Waals surface area (Å²) >= 11 is 0. The van der Waals surface area contributed by atoms with Crippen molar-refractivity contribution in [1.29, 1.82) is 0 Å². The van der Waals surface area contributed by atoms with Crippen molar-refractivity contribution in [3.8, 4) is 0 Å². The summed E-state index contributed by atoms with van der Waals surface area (Å²) in [7, 11) is 1.61. The number of carbonyl (C=O) groups excluding carboxylic acids is 1. The van der Waals surface area contributed by atoms with Crippen LogP contribution in [0.4, 0.5) is 0 Å². The third-order valence-corrected chi connectivity index (χ3v) is 2.10. The number of ketones is 1. The minimum Gasteiger partial charge on any atom is -0.309 e. The molecule has 0 spiro atoms. The Hall–Kier alpha value is -1.38. The van der Waals surface area contributed by atoms with Crippen molar-refractivity contribution in [2.24, 2.45) is 12.5 Å². The molecule has 76 valence electrons. The third-order valence-electron chi connectivity index (χ3n) is 2.10. The summed E-state index contributed by atoms with van der Waals surface area (Å²) in [5.74, 6) is -0.0160. The van der Waals surface area contributed by atoms with Gasteiger partial charge in [-0.3, -0.25) is 9.59 Å². The van der Waals surface area contributed by atoms with Crippen molar-refractivity contribution < 1.29 is 4.79 Å². The maximum absolute atomic E-state index is 11.9. The summed E-state index contributed by atoms with van der Waals surface area (Å²) in [5.41, 5.74) is -0.143. The van der Waals surface area contributed by atoms with Gasteiger partial charge in [-0.15, -0.1) is 0 Å². The molecule has 0 atom stereocenters. The second kappa shape index (κ2) is 3.40. The Morgan fingerprint density at radius 2 is 1.86 bits per heavy atom. The number of aromatic nitrogens is 1. The van der Waals surface area contributed by atoms with E-state index < -0.39 is 5.41 Å². The molecule has 1 heterocycles. The van der Waals surface area contributed by atoms with Crippen LogP contribution in [0.1, 0.15) is 31.3 Å². The monoisotopic (exact) mass is 193 g/mol. The second-order valence-corrected chi connectivity index (χ2v) is 4.39. The molecule has 1 aromatic heterocycles. The summed E-state index contributed by atoms with van der Waals surface area (Å²) in [5, 5.41) is 0. The zero-order chi connectivity index (χ0) is 10.9. The number of hydrogen-bond donors (Lipinski definition) is 0. The molecule has 0 aromatic carbocycles. The Labute approximate surface area is 83.4 Å². The highest BCUT2D eigenvalue weighted by Crippen LogP contribution is 2.19. The fourth-order valence-corrected chi connectivity index (χ4v) is 1.18. The van der Waals surface area contributed by atoms with Crippen LogP contribution in [0.15, 0.2) is 23.0 Å². The van der Waals surface area contributed by atoms with Crippen LogP contribution in [-0.4, -0.2) is 10.4 Å². The van der Waals surface area contributed by atoms with Gasteiger partial charge in [-0.05, 0) is 6.07 Å². The molecule has 3 heteroatoms. The Bertz CT molecular complexity index is 410. The van der Waals surface area contributed by atoms with E-state index in [1.54, 1.807) is 19.2 Å². The highest BCUT2D eigenvalue weighted by atomic mass is 16.1. The first-order valence-electron chi connectivity index (χ1n) is 4.55. The van der Waals surface area contributed by atoms with Crippen LogP contribution in [0, 0.1) is 5.41 Å². The van der Waals surface area contributed by atoms with E-state index in [-0.39, 0.29) is 11.3 Å². The average Bonchev–Trinajstić information content (AvgIpc) is 2.07. The van der Waals surface area contributed by atoms with Crippen LogP contribution < -0.4 is 5.56 Å². The first-order chi connectivity index (χ1) is 6.34. The lowest BCUT2D eigenvalue weighted by molar-refractivity contribution is 0.0848. The predicted octanol–water partition coefficient (Wildman–Crippen LogP) is 1.61. The van der Waals surface area contributed by atoms with Gasteiger partial charge in [-0.1, -0.05) is 26.8 Å². The number of Topliss-reactive ketones (excluding diaryl/α,β-unsaturated/α-hetero) is 1. The molecule has 0 saturated heterocycles. The molecule has 0 aliphatic heterocycles. The molecule has 0 bridgehead atoms. The first-order valence-corrected chi connectivity index (χ1v) is 4.55. The van der Waals surface area contributed by atoms with E-state index in [0.29, 0.717) is 5.69 Å². The fourth-order valence-electron chi connectivity index (χ4n) is 1.18. The van der Waals surface area contributed by atoms with Gasteiger partial charge in [-0.25, -0.2) is 0 Å². The summed E-state index contributed by atoms with van der Waals surface area (Å²) in [6, 6.07) is 4.73. The van der Waals surface area contributed by atoms with E-state index in [0.717, 1.165) is 0 Å². The van der Waals surface area contributed by atoms with Gasteiger partial charge in [0.05, 0.1) is 5.69 Å². The zero-order valence-electron chi connectivity index (χ0n) is 9.00. The van der Waals surface area contributed by atoms with Crippen molar-refractivity contribution in [2.75, 3.05) is 0 Å². The van der Waals surface area contributed by atoms with Crippen LogP contribution in [-0.2, 0) is 7.05 Å². The number of carbonyl (C=O) groups is 1. The molecule has 1 aromatic rings. The molecule has 0 aliphatic rings. The van der Waals surface area contributed by atoms with Gasteiger partial charge >= 0.3 is 0 Å². The minimum atomic E-state index is -0.453. The number of hydrogen-bond acceptors (Lipinski definition) is 2. The van der Waals surface area contributed by atoms with E-state index in [1.165, 1.54) is 10.6 Å². The molecule has 14 heavy (non-hydrogen) atoms. The maximum Gasteiger partial charge on any atom is 0.250 e. The van der Waals surface area contributed by atoms with Crippen LogP contribution in [0.3, 0.4) is 0 Å². The van der Waals surface area contributed by atoms with E-state index in [2.05, 4.69) is 0 Å². The summed E-state index contributed by atoms with van der Waals surface area (Å²) in [4.78, 5) is 23.2. The number of pyridine rings is 1. The molecule has 0 unspecified atom stereocenters. The van der Waals surface area contributed by atoms with Crippen molar-refractivity contribution in [2.45, 2.75) is 20.8 Å².